The van der Waals surface area contributed by atoms with Crippen LogP contribution in [0, 0.1) is 0 Å². The number of hydrogen-bond acceptors (Lipinski definition) is 5. The first-order valence-corrected chi connectivity index (χ1v) is 17.0. The van der Waals surface area contributed by atoms with Gasteiger partial charge in [-0.2, -0.15) is 0 Å². The molecule has 0 unspecified atom stereocenters. The summed E-state index contributed by atoms with van der Waals surface area (Å²) in [6.45, 7) is 2.91. The Morgan fingerprint density at radius 3 is 2.13 bits per heavy atom. The van der Waals surface area contributed by atoms with Gasteiger partial charge in [0, 0.05) is 34.1 Å². The molecule has 0 aromatic heterocycles. The second kappa shape index (κ2) is 15.7. The summed E-state index contributed by atoms with van der Waals surface area (Å²) in [7, 11) is -2.83. The van der Waals surface area contributed by atoms with Crippen molar-refractivity contribution in [1.29, 1.82) is 0 Å². The first-order chi connectivity index (χ1) is 21.9. The standard InChI is InChI=1S/C34H34Cl3N3O5S/c1-23(2)38-34(42)32(18-24-8-5-4-6-9-24)39(21-25-12-13-27(36)20-31(25)37)33(41)22-40(28-11-7-10-26(35)19-28)46(43,44)30-16-14-29(45-3)15-17-30/h4-17,19-20,23,32H,18,21-22H2,1-3H3,(H,38,42)/t32-/m0/s1. The van der Waals surface area contributed by atoms with Gasteiger partial charge >= 0.3 is 0 Å². The van der Waals surface area contributed by atoms with Crippen molar-refractivity contribution in [2.24, 2.45) is 0 Å². The van der Waals surface area contributed by atoms with Crippen LogP contribution < -0.4 is 14.4 Å². The fourth-order valence-corrected chi connectivity index (χ4v) is 6.86. The molecule has 2 amide bonds. The van der Waals surface area contributed by atoms with Gasteiger partial charge in [0.25, 0.3) is 10.0 Å². The van der Waals surface area contributed by atoms with Gasteiger partial charge in [0.15, 0.2) is 0 Å². The molecule has 0 saturated carbocycles. The summed E-state index contributed by atoms with van der Waals surface area (Å²) in [4.78, 5) is 29.6. The lowest BCUT2D eigenvalue weighted by molar-refractivity contribution is -0.140. The van der Waals surface area contributed by atoms with Gasteiger partial charge < -0.3 is 15.0 Å². The molecule has 0 heterocycles. The largest absolute Gasteiger partial charge is 0.497 e. The quantitative estimate of drug-likeness (QED) is 0.162. The second-order valence-electron chi connectivity index (χ2n) is 10.8. The van der Waals surface area contributed by atoms with Gasteiger partial charge in [-0.05, 0) is 79.6 Å². The van der Waals surface area contributed by atoms with E-state index in [1.54, 1.807) is 36.4 Å². The molecule has 0 aliphatic rings. The highest BCUT2D eigenvalue weighted by Crippen LogP contribution is 2.29. The summed E-state index contributed by atoms with van der Waals surface area (Å²) in [5.41, 5.74) is 1.51. The molecular weight excluding hydrogens is 669 g/mol. The minimum atomic E-state index is -4.31. The van der Waals surface area contributed by atoms with E-state index in [2.05, 4.69) is 5.32 Å². The molecule has 0 radical (unpaired) electrons. The number of rotatable bonds is 13. The third-order valence-corrected chi connectivity index (χ3v) is 9.69. The molecule has 1 atom stereocenters. The predicted molar refractivity (Wildman–Crippen MR) is 183 cm³/mol. The van der Waals surface area contributed by atoms with Gasteiger partial charge in [0.2, 0.25) is 11.8 Å². The maximum absolute atomic E-state index is 14.5. The lowest BCUT2D eigenvalue weighted by Crippen LogP contribution is -2.54. The SMILES string of the molecule is COc1ccc(S(=O)(=O)N(CC(=O)N(Cc2ccc(Cl)cc2Cl)[C@@H](Cc2ccccc2)C(=O)NC(C)C)c2cccc(Cl)c2)cc1. The number of amides is 2. The lowest BCUT2D eigenvalue weighted by Gasteiger charge is -2.34. The fourth-order valence-electron chi connectivity index (χ4n) is 4.80. The summed E-state index contributed by atoms with van der Waals surface area (Å²) in [5, 5.41) is 3.90. The third-order valence-electron chi connectivity index (χ3n) is 7.08. The number of nitrogens with zero attached hydrogens (tertiary/aromatic N) is 2. The summed E-state index contributed by atoms with van der Waals surface area (Å²) < 4.78 is 34.5. The molecule has 4 aromatic carbocycles. The summed E-state index contributed by atoms with van der Waals surface area (Å²) in [6.07, 6.45) is 0.165. The molecule has 242 valence electrons. The van der Waals surface area contributed by atoms with E-state index in [9.17, 15) is 18.0 Å². The van der Waals surface area contributed by atoms with Gasteiger partial charge in [-0.25, -0.2) is 8.42 Å². The van der Waals surface area contributed by atoms with Crippen LogP contribution in [0.15, 0.2) is 102 Å². The van der Waals surface area contributed by atoms with Crippen molar-refractivity contribution in [2.75, 3.05) is 18.0 Å². The number of sulfonamides is 1. The number of ether oxygens (including phenoxy) is 1. The van der Waals surface area contributed by atoms with Crippen molar-refractivity contribution < 1.29 is 22.7 Å². The Morgan fingerprint density at radius 2 is 1.52 bits per heavy atom. The molecule has 0 saturated heterocycles. The Labute approximate surface area is 284 Å². The monoisotopic (exact) mass is 701 g/mol. The summed E-state index contributed by atoms with van der Waals surface area (Å²) in [6, 6.07) is 24.9. The molecule has 0 fully saturated rings. The highest BCUT2D eigenvalue weighted by atomic mass is 35.5. The Morgan fingerprint density at radius 1 is 0.848 bits per heavy atom. The van der Waals surface area contributed by atoms with Crippen LogP contribution >= 0.6 is 34.8 Å². The van der Waals surface area contributed by atoms with E-state index in [1.807, 2.05) is 44.2 Å². The maximum Gasteiger partial charge on any atom is 0.264 e. The van der Waals surface area contributed by atoms with Gasteiger partial charge in [-0.3, -0.25) is 13.9 Å². The zero-order valence-corrected chi connectivity index (χ0v) is 28.6. The van der Waals surface area contributed by atoms with Crippen LogP contribution in [0.2, 0.25) is 15.1 Å². The van der Waals surface area contributed by atoms with Crippen LogP contribution in [0.1, 0.15) is 25.0 Å². The van der Waals surface area contributed by atoms with E-state index in [1.165, 1.54) is 42.3 Å². The van der Waals surface area contributed by atoms with Crippen LogP contribution in [0.3, 0.4) is 0 Å². The summed E-state index contributed by atoms with van der Waals surface area (Å²) >= 11 is 19.0. The fraction of sp³-hybridized carbons (Fsp3) is 0.235. The van der Waals surface area contributed by atoms with Gasteiger partial charge in [0.05, 0.1) is 17.7 Å². The van der Waals surface area contributed by atoms with E-state index in [0.717, 1.165) is 9.87 Å². The van der Waals surface area contributed by atoms with Crippen molar-refractivity contribution in [3.8, 4) is 5.75 Å². The van der Waals surface area contributed by atoms with Gasteiger partial charge in [-0.15, -0.1) is 0 Å². The number of carbonyl (C=O) groups excluding carboxylic acids is 2. The average molecular weight is 703 g/mol. The molecule has 0 bridgehead atoms. The van der Waals surface area contributed by atoms with Gasteiger partial charge in [-0.1, -0.05) is 77.3 Å². The zero-order valence-electron chi connectivity index (χ0n) is 25.5. The first-order valence-electron chi connectivity index (χ1n) is 14.4. The number of methoxy groups -OCH3 is 1. The molecule has 0 spiro atoms. The molecule has 46 heavy (non-hydrogen) atoms. The Hall–Kier alpha value is -3.76. The minimum absolute atomic E-state index is 0.0632. The highest BCUT2D eigenvalue weighted by molar-refractivity contribution is 7.92. The average Bonchev–Trinajstić information content (AvgIpc) is 3.02. The molecule has 8 nitrogen and oxygen atoms in total. The van der Waals surface area contributed by atoms with Crippen molar-refractivity contribution in [1.82, 2.24) is 10.2 Å². The van der Waals surface area contributed by atoms with Gasteiger partial charge in [0.1, 0.15) is 18.3 Å². The van der Waals surface area contributed by atoms with E-state index in [-0.39, 0.29) is 34.6 Å². The van der Waals surface area contributed by atoms with Crippen LogP contribution in [-0.2, 0) is 32.6 Å². The predicted octanol–water partition coefficient (Wildman–Crippen LogP) is 7.02. The number of carbonyl (C=O) groups is 2. The van der Waals surface area contributed by atoms with E-state index < -0.39 is 34.4 Å². The normalized spacial score (nSPS) is 12.0. The topological polar surface area (TPSA) is 96.0 Å². The first kappa shape index (κ1) is 35.1. The molecule has 1 N–H and O–H groups in total. The Balaban J connectivity index is 1.82. The molecule has 0 aliphatic heterocycles. The van der Waals surface area contributed by atoms with Crippen molar-refractivity contribution in [2.45, 2.75) is 43.8 Å². The van der Waals surface area contributed by atoms with Crippen LogP contribution in [0.4, 0.5) is 5.69 Å². The third kappa shape index (κ3) is 8.94. The van der Waals surface area contributed by atoms with E-state index >= 15 is 0 Å². The van der Waals surface area contributed by atoms with E-state index in [4.69, 9.17) is 39.5 Å². The number of benzene rings is 4. The number of anilines is 1. The molecule has 4 rings (SSSR count). The second-order valence-corrected chi connectivity index (χ2v) is 13.9. The van der Waals surface area contributed by atoms with E-state index in [0.29, 0.717) is 21.4 Å². The number of nitrogens with one attached hydrogen (secondary N) is 1. The molecule has 0 aliphatic carbocycles. The van der Waals surface area contributed by atoms with Crippen molar-refractivity contribution in [3.05, 3.63) is 123 Å². The minimum Gasteiger partial charge on any atom is -0.497 e. The molecule has 12 heteroatoms. The van der Waals surface area contributed by atoms with Crippen LogP contribution in [0.25, 0.3) is 0 Å². The summed E-state index contributed by atoms with van der Waals surface area (Å²) in [5.74, 6) is -0.567. The number of hydrogen-bond donors (Lipinski definition) is 1. The van der Waals surface area contributed by atoms with Crippen LogP contribution in [-0.4, -0.2) is 50.9 Å². The Bertz CT molecular complexity index is 1770. The molecule has 4 aromatic rings. The maximum atomic E-state index is 14.5. The molecular formula is C34H34Cl3N3O5S. The van der Waals surface area contributed by atoms with Crippen molar-refractivity contribution in [3.63, 3.8) is 0 Å². The smallest absolute Gasteiger partial charge is 0.264 e. The number of halogens is 3. The zero-order chi connectivity index (χ0) is 33.4. The Kier molecular flexibility index (Phi) is 12.0. The van der Waals surface area contributed by atoms with Crippen LogP contribution in [0.5, 0.6) is 5.75 Å². The highest BCUT2D eigenvalue weighted by Gasteiger charge is 2.35. The van der Waals surface area contributed by atoms with Crippen molar-refractivity contribution >= 4 is 62.3 Å². The lowest BCUT2D eigenvalue weighted by atomic mass is 10.0.